The number of ether oxygens (including phenoxy) is 1. The Morgan fingerprint density at radius 2 is 1.86 bits per heavy atom. The number of carbonyl (C=O) groups excluding carboxylic acids is 4. The molecule has 12 heteroatoms. The quantitative estimate of drug-likeness (QED) is 0.582. The molecule has 36 heavy (non-hydrogen) atoms. The standard InChI is InChI=1S/C24H27ClFN5O5/c1-12(2)23(34)30-11-18(14-5-7-17(26)16(25)9-14)31(10-13(30)3)24(35)21(33)28-19-8-6-15(20(27)32)22(29-19)36-4/h5-9,12-13,18H,10-11H2,1-4H3,(H2,27,32)(H,28,29,33)/t13-,18-/m1/s1. The van der Waals surface area contributed by atoms with E-state index in [1.165, 1.54) is 42.3 Å². The number of aromatic nitrogens is 1. The fourth-order valence-electron chi connectivity index (χ4n) is 4.00. The number of anilines is 1. The van der Waals surface area contributed by atoms with Crippen LogP contribution in [-0.2, 0) is 14.4 Å². The lowest BCUT2D eigenvalue weighted by atomic mass is 9.98. The molecule has 0 unspecified atom stereocenters. The van der Waals surface area contributed by atoms with Gasteiger partial charge in [-0.1, -0.05) is 31.5 Å². The predicted molar refractivity (Wildman–Crippen MR) is 130 cm³/mol. The van der Waals surface area contributed by atoms with Crippen LogP contribution in [0.1, 0.15) is 42.7 Å². The molecule has 0 saturated carbocycles. The largest absolute Gasteiger partial charge is 0.480 e. The van der Waals surface area contributed by atoms with Gasteiger partial charge in [0.25, 0.3) is 5.91 Å². The number of methoxy groups -OCH3 is 1. The van der Waals surface area contributed by atoms with E-state index in [1.54, 1.807) is 25.7 Å². The molecule has 1 aromatic heterocycles. The van der Waals surface area contributed by atoms with Gasteiger partial charge in [0, 0.05) is 25.0 Å². The summed E-state index contributed by atoms with van der Waals surface area (Å²) in [5.41, 5.74) is 5.76. The highest BCUT2D eigenvalue weighted by atomic mass is 35.5. The third-order valence-corrected chi connectivity index (χ3v) is 6.15. The highest BCUT2D eigenvalue weighted by molar-refractivity contribution is 6.39. The van der Waals surface area contributed by atoms with Crippen molar-refractivity contribution in [3.05, 3.63) is 52.3 Å². The van der Waals surface area contributed by atoms with E-state index in [0.29, 0.717) is 5.56 Å². The van der Waals surface area contributed by atoms with Gasteiger partial charge >= 0.3 is 11.8 Å². The Hall–Kier alpha value is -3.73. The van der Waals surface area contributed by atoms with Crippen LogP contribution in [0.25, 0.3) is 0 Å². The molecule has 192 valence electrons. The van der Waals surface area contributed by atoms with Crippen molar-refractivity contribution in [2.75, 3.05) is 25.5 Å². The number of nitrogens with two attached hydrogens (primary N) is 1. The van der Waals surface area contributed by atoms with Crippen LogP contribution in [0.3, 0.4) is 0 Å². The first-order chi connectivity index (χ1) is 16.9. The Bertz CT molecular complexity index is 1210. The maximum atomic E-state index is 13.8. The van der Waals surface area contributed by atoms with Crippen LogP contribution in [0.2, 0.25) is 5.02 Å². The normalized spacial score (nSPS) is 17.6. The number of nitrogens with zero attached hydrogens (tertiary/aromatic N) is 3. The number of halogens is 2. The fourth-order valence-corrected chi connectivity index (χ4v) is 4.19. The lowest BCUT2D eigenvalue weighted by molar-refractivity contribution is -0.152. The number of piperazine rings is 1. The summed E-state index contributed by atoms with van der Waals surface area (Å²) in [5.74, 6) is -3.80. The van der Waals surface area contributed by atoms with E-state index in [2.05, 4.69) is 10.3 Å². The summed E-state index contributed by atoms with van der Waals surface area (Å²) >= 11 is 5.98. The summed E-state index contributed by atoms with van der Waals surface area (Å²) in [5, 5.41) is 2.26. The number of hydrogen-bond donors (Lipinski definition) is 2. The number of amides is 4. The molecule has 3 N–H and O–H groups in total. The van der Waals surface area contributed by atoms with Crippen molar-refractivity contribution in [1.29, 1.82) is 0 Å². The molecule has 2 heterocycles. The number of hydrogen-bond acceptors (Lipinski definition) is 6. The molecule has 1 aliphatic rings. The lowest BCUT2D eigenvalue weighted by Crippen LogP contribution is -2.59. The van der Waals surface area contributed by atoms with Gasteiger partial charge in [0.2, 0.25) is 11.8 Å². The van der Waals surface area contributed by atoms with Crippen LogP contribution in [-0.4, -0.2) is 64.7 Å². The van der Waals surface area contributed by atoms with Gasteiger partial charge in [-0.2, -0.15) is 4.98 Å². The zero-order valence-corrected chi connectivity index (χ0v) is 21.0. The zero-order chi connectivity index (χ0) is 26.7. The summed E-state index contributed by atoms with van der Waals surface area (Å²) in [6.45, 7) is 5.48. The zero-order valence-electron chi connectivity index (χ0n) is 20.2. The second-order valence-electron chi connectivity index (χ2n) is 8.71. The fraction of sp³-hybridized carbons (Fsp3) is 0.375. The molecule has 2 atom stereocenters. The average Bonchev–Trinajstić information content (AvgIpc) is 2.84. The van der Waals surface area contributed by atoms with E-state index in [0.717, 1.165) is 0 Å². The number of pyridine rings is 1. The van der Waals surface area contributed by atoms with E-state index < -0.39 is 29.6 Å². The van der Waals surface area contributed by atoms with Gasteiger partial charge in [-0.3, -0.25) is 19.2 Å². The Morgan fingerprint density at radius 1 is 1.17 bits per heavy atom. The lowest BCUT2D eigenvalue weighted by Gasteiger charge is -2.45. The molecule has 3 rings (SSSR count). The first kappa shape index (κ1) is 26.9. The molecule has 1 aromatic carbocycles. The molecule has 4 amide bonds. The summed E-state index contributed by atoms with van der Waals surface area (Å²) in [6, 6.07) is 5.51. The van der Waals surface area contributed by atoms with Crippen molar-refractivity contribution < 1.29 is 28.3 Å². The Labute approximate surface area is 212 Å². The second-order valence-corrected chi connectivity index (χ2v) is 9.12. The molecule has 0 spiro atoms. The van der Waals surface area contributed by atoms with Gasteiger partial charge in [0.1, 0.15) is 17.2 Å². The van der Waals surface area contributed by atoms with E-state index >= 15 is 0 Å². The molecule has 0 aliphatic carbocycles. The highest BCUT2D eigenvalue weighted by Crippen LogP contribution is 2.31. The van der Waals surface area contributed by atoms with Crippen LogP contribution >= 0.6 is 11.6 Å². The van der Waals surface area contributed by atoms with Crippen molar-refractivity contribution >= 4 is 41.0 Å². The summed E-state index contributed by atoms with van der Waals surface area (Å²) < 4.78 is 18.8. The van der Waals surface area contributed by atoms with Crippen molar-refractivity contribution in [3.63, 3.8) is 0 Å². The van der Waals surface area contributed by atoms with E-state index in [1.807, 2.05) is 0 Å². The van der Waals surface area contributed by atoms with Crippen molar-refractivity contribution in [1.82, 2.24) is 14.8 Å². The molecule has 2 aromatic rings. The minimum Gasteiger partial charge on any atom is -0.480 e. The van der Waals surface area contributed by atoms with E-state index in [-0.39, 0.29) is 53.2 Å². The summed E-state index contributed by atoms with van der Waals surface area (Å²) in [4.78, 5) is 57.5. The van der Waals surface area contributed by atoms with Crippen LogP contribution in [0.5, 0.6) is 5.88 Å². The van der Waals surface area contributed by atoms with Gasteiger partial charge in [0.15, 0.2) is 0 Å². The molecule has 0 bridgehead atoms. The number of benzene rings is 1. The van der Waals surface area contributed by atoms with Crippen molar-refractivity contribution in [2.45, 2.75) is 32.9 Å². The highest BCUT2D eigenvalue weighted by Gasteiger charge is 2.40. The monoisotopic (exact) mass is 519 g/mol. The van der Waals surface area contributed by atoms with Crippen LogP contribution in [0.4, 0.5) is 10.2 Å². The average molecular weight is 520 g/mol. The van der Waals surface area contributed by atoms with Crippen LogP contribution in [0.15, 0.2) is 30.3 Å². The molecule has 1 aliphatic heterocycles. The SMILES string of the molecule is COc1nc(NC(=O)C(=O)N2C[C@@H](C)N(C(=O)C(C)C)C[C@@H]2c2ccc(F)c(Cl)c2)ccc1C(N)=O. The van der Waals surface area contributed by atoms with Crippen LogP contribution < -0.4 is 15.8 Å². The van der Waals surface area contributed by atoms with Crippen molar-refractivity contribution in [2.24, 2.45) is 11.7 Å². The van der Waals surface area contributed by atoms with Gasteiger partial charge in [-0.25, -0.2) is 4.39 Å². The van der Waals surface area contributed by atoms with Gasteiger partial charge < -0.3 is 25.6 Å². The first-order valence-corrected chi connectivity index (χ1v) is 11.5. The molecular formula is C24H27ClFN5O5. The number of nitrogens with one attached hydrogen (secondary N) is 1. The molecule has 1 fully saturated rings. The Kier molecular flexibility index (Phi) is 8.13. The number of primary amides is 1. The number of rotatable bonds is 5. The maximum absolute atomic E-state index is 13.8. The van der Waals surface area contributed by atoms with Crippen LogP contribution in [0, 0.1) is 11.7 Å². The minimum absolute atomic E-state index is 0.00912. The van der Waals surface area contributed by atoms with Gasteiger partial charge in [-0.05, 0) is 36.8 Å². The third kappa shape index (κ3) is 5.56. The molecule has 10 nitrogen and oxygen atoms in total. The molecule has 0 radical (unpaired) electrons. The Balaban J connectivity index is 1.91. The summed E-state index contributed by atoms with van der Waals surface area (Å²) in [6.07, 6.45) is 0. The third-order valence-electron chi connectivity index (χ3n) is 5.86. The smallest absolute Gasteiger partial charge is 0.315 e. The number of carbonyl (C=O) groups is 4. The minimum atomic E-state index is -0.995. The van der Waals surface area contributed by atoms with E-state index in [9.17, 15) is 23.6 Å². The maximum Gasteiger partial charge on any atom is 0.315 e. The van der Waals surface area contributed by atoms with E-state index in [4.69, 9.17) is 22.1 Å². The summed E-state index contributed by atoms with van der Waals surface area (Å²) in [7, 11) is 1.28. The van der Waals surface area contributed by atoms with Crippen molar-refractivity contribution in [3.8, 4) is 5.88 Å². The molecule has 1 saturated heterocycles. The topological polar surface area (TPSA) is 135 Å². The predicted octanol–water partition coefficient (Wildman–Crippen LogP) is 2.38. The first-order valence-electron chi connectivity index (χ1n) is 11.2. The van der Waals surface area contributed by atoms with Gasteiger partial charge in [0.05, 0.1) is 18.2 Å². The van der Waals surface area contributed by atoms with Gasteiger partial charge in [-0.15, -0.1) is 0 Å². The molecular weight excluding hydrogens is 493 g/mol. The Morgan fingerprint density at radius 3 is 2.44 bits per heavy atom. The second kappa shape index (κ2) is 10.9.